The molecule has 1 aromatic carbocycles. The predicted octanol–water partition coefficient (Wildman–Crippen LogP) is 0.611. The average Bonchev–Trinajstić information content (AvgIpc) is 3.08. The maximum absolute atomic E-state index is 12.4. The van der Waals surface area contributed by atoms with Crippen LogP contribution in [-0.4, -0.2) is 36.4 Å². The number of aryl methyl sites for hydroxylation is 1. The van der Waals surface area contributed by atoms with Gasteiger partial charge < -0.3 is 14.4 Å². The van der Waals surface area contributed by atoms with Gasteiger partial charge in [0, 0.05) is 20.2 Å². The molecule has 140 valence electrons. The summed E-state index contributed by atoms with van der Waals surface area (Å²) in [5, 5.41) is 8.62. The van der Waals surface area contributed by atoms with Crippen molar-refractivity contribution >= 4 is 23.2 Å². The third-order valence-corrected chi connectivity index (χ3v) is 4.12. The van der Waals surface area contributed by atoms with Crippen molar-refractivity contribution in [2.45, 2.75) is 6.54 Å². The standard InChI is InChI=1S/C18H18N4O5/c1-20-16-15(17(25)21(2)18(20)26)22(11-19-16)9-10-27-13-6-3-12(4-7-13)5-8-14(23)24/h3-8,11H,9-10H2,1-2H3,(H,23,24). The van der Waals surface area contributed by atoms with E-state index < -0.39 is 17.2 Å². The molecule has 0 saturated heterocycles. The Morgan fingerprint density at radius 3 is 2.56 bits per heavy atom. The van der Waals surface area contributed by atoms with Gasteiger partial charge in [0.1, 0.15) is 12.4 Å². The van der Waals surface area contributed by atoms with Crippen LogP contribution in [0.25, 0.3) is 17.2 Å². The van der Waals surface area contributed by atoms with Crippen LogP contribution in [0.3, 0.4) is 0 Å². The Balaban J connectivity index is 1.72. The summed E-state index contributed by atoms with van der Waals surface area (Å²) in [5.41, 5.74) is 0.594. The number of carboxylic acid groups (broad SMARTS) is 1. The van der Waals surface area contributed by atoms with E-state index in [1.807, 2.05) is 0 Å². The Morgan fingerprint density at radius 2 is 1.89 bits per heavy atom. The number of aromatic nitrogens is 4. The van der Waals surface area contributed by atoms with Crippen molar-refractivity contribution in [1.29, 1.82) is 0 Å². The van der Waals surface area contributed by atoms with E-state index in [2.05, 4.69) is 4.98 Å². The van der Waals surface area contributed by atoms with Crippen LogP contribution in [0.4, 0.5) is 0 Å². The number of carbonyl (C=O) groups is 1. The topological polar surface area (TPSA) is 108 Å². The van der Waals surface area contributed by atoms with Gasteiger partial charge in [-0.15, -0.1) is 0 Å². The minimum Gasteiger partial charge on any atom is -0.492 e. The third kappa shape index (κ3) is 3.66. The van der Waals surface area contributed by atoms with Crippen LogP contribution in [0.2, 0.25) is 0 Å². The van der Waals surface area contributed by atoms with Gasteiger partial charge in [-0.2, -0.15) is 0 Å². The molecule has 3 rings (SSSR count). The molecule has 0 unspecified atom stereocenters. The third-order valence-electron chi connectivity index (χ3n) is 4.12. The molecule has 3 aromatic rings. The molecule has 0 spiro atoms. The first-order valence-corrected chi connectivity index (χ1v) is 8.13. The van der Waals surface area contributed by atoms with E-state index >= 15 is 0 Å². The van der Waals surface area contributed by atoms with Crippen molar-refractivity contribution in [2.75, 3.05) is 6.61 Å². The molecule has 0 aliphatic carbocycles. The van der Waals surface area contributed by atoms with Gasteiger partial charge >= 0.3 is 11.7 Å². The van der Waals surface area contributed by atoms with E-state index in [-0.39, 0.29) is 0 Å². The molecule has 9 nitrogen and oxygen atoms in total. The molecule has 0 aliphatic rings. The number of ether oxygens (including phenoxy) is 1. The second-order valence-corrected chi connectivity index (χ2v) is 5.91. The normalized spacial score (nSPS) is 11.3. The van der Waals surface area contributed by atoms with Crippen molar-refractivity contribution in [3.8, 4) is 5.75 Å². The van der Waals surface area contributed by atoms with E-state index in [0.29, 0.717) is 30.1 Å². The number of hydrogen-bond donors (Lipinski definition) is 1. The highest BCUT2D eigenvalue weighted by molar-refractivity contribution is 5.85. The number of fused-ring (bicyclic) bond motifs is 1. The fourth-order valence-electron chi connectivity index (χ4n) is 2.67. The average molecular weight is 370 g/mol. The van der Waals surface area contributed by atoms with Crippen LogP contribution in [0.5, 0.6) is 5.75 Å². The summed E-state index contributed by atoms with van der Waals surface area (Å²) in [6.07, 6.45) is 4.06. The van der Waals surface area contributed by atoms with Crippen molar-refractivity contribution in [2.24, 2.45) is 14.1 Å². The molecule has 9 heteroatoms. The summed E-state index contributed by atoms with van der Waals surface area (Å²) in [5.74, 6) is -0.390. The molecule has 0 saturated carbocycles. The second-order valence-electron chi connectivity index (χ2n) is 5.91. The highest BCUT2D eigenvalue weighted by Gasteiger charge is 2.14. The number of aliphatic carboxylic acids is 1. The zero-order chi connectivity index (χ0) is 19.6. The van der Waals surface area contributed by atoms with E-state index in [1.54, 1.807) is 35.9 Å². The largest absolute Gasteiger partial charge is 0.492 e. The molecule has 0 amide bonds. The lowest BCUT2D eigenvalue weighted by Gasteiger charge is -2.09. The Morgan fingerprint density at radius 1 is 1.19 bits per heavy atom. The number of imidazole rings is 1. The maximum Gasteiger partial charge on any atom is 0.332 e. The first kappa shape index (κ1) is 18.2. The van der Waals surface area contributed by atoms with Crippen molar-refractivity contribution < 1.29 is 14.6 Å². The lowest BCUT2D eigenvalue weighted by molar-refractivity contribution is -0.131. The quantitative estimate of drug-likeness (QED) is 0.637. The van der Waals surface area contributed by atoms with Crippen molar-refractivity contribution in [1.82, 2.24) is 18.7 Å². The van der Waals surface area contributed by atoms with Crippen LogP contribution in [0.1, 0.15) is 5.56 Å². The number of hydrogen-bond acceptors (Lipinski definition) is 5. The Labute approximate surface area is 153 Å². The summed E-state index contributed by atoms with van der Waals surface area (Å²) in [4.78, 5) is 39.0. The lowest BCUT2D eigenvalue weighted by atomic mass is 10.2. The van der Waals surface area contributed by atoms with Crippen molar-refractivity contribution in [3.63, 3.8) is 0 Å². The highest BCUT2D eigenvalue weighted by atomic mass is 16.5. The first-order chi connectivity index (χ1) is 12.9. The van der Waals surface area contributed by atoms with Gasteiger partial charge in [0.25, 0.3) is 5.56 Å². The number of nitrogens with zero attached hydrogens (tertiary/aromatic N) is 4. The zero-order valence-electron chi connectivity index (χ0n) is 14.8. The van der Waals surface area contributed by atoms with Gasteiger partial charge in [-0.25, -0.2) is 14.6 Å². The fourth-order valence-corrected chi connectivity index (χ4v) is 2.67. The minimum absolute atomic E-state index is 0.293. The minimum atomic E-state index is -1.01. The molecule has 0 fully saturated rings. The van der Waals surface area contributed by atoms with Gasteiger partial charge in [-0.1, -0.05) is 12.1 Å². The summed E-state index contributed by atoms with van der Waals surface area (Å²) in [6, 6.07) is 6.95. The van der Waals surface area contributed by atoms with E-state index in [1.165, 1.54) is 24.0 Å². The maximum atomic E-state index is 12.4. The second kappa shape index (κ2) is 7.32. The first-order valence-electron chi connectivity index (χ1n) is 8.13. The number of carboxylic acids is 1. The predicted molar refractivity (Wildman–Crippen MR) is 98.8 cm³/mol. The van der Waals surface area contributed by atoms with E-state index in [0.717, 1.165) is 16.2 Å². The van der Waals surface area contributed by atoms with Gasteiger partial charge in [-0.05, 0) is 23.8 Å². The Hall–Kier alpha value is -3.62. The molecule has 0 bridgehead atoms. The van der Waals surface area contributed by atoms with Crippen molar-refractivity contribution in [3.05, 3.63) is 63.1 Å². The molecule has 0 atom stereocenters. The molecule has 1 N–H and O–H groups in total. The van der Waals surface area contributed by atoms with Crippen LogP contribution < -0.4 is 16.0 Å². The Kier molecular flexibility index (Phi) is 4.93. The molecular weight excluding hydrogens is 352 g/mol. The summed E-state index contributed by atoms with van der Waals surface area (Å²) >= 11 is 0. The van der Waals surface area contributed by atoms with Gasteiger partial charge in [0.2, 0.25) is 0 Å². The molecule has 0 aliphatic heterocycles. The number of rotatable bonds is 6. The van der Waals surface area contributed by atoms with Crippen LogP contribution in [0.15, 0.2) is 46.3 Å². The summed E-state index contributed by atoms with van der Waals surface area (Å²) < 4.78 is 9.70. The summed E-state index contributed by atoms with van der Waals surface area (Å²) in [7, 11) is 3.00. The van der Waals surface area contributed by atoms with Gasteiger partial charge in [-0.3, -0.25) is 13.9 Å². The highest BCUT2D eigenvalue weighted by Crippen LogP contribution is 2.13. The molecule has 27 heavy (non-hydrogen) atoms. The number of benzene rings is 1. The SMILES string of the molecule is Cn1c(=O)c2c(ncn2CCOc2ccc(C=CC(=O)O)cc2)n(C)c1=O. The molecular formula is C18H18N4O5. The molecule has 2 aromatic heterocycles. The Bertz CT molecular complexity index is 1140. The monoisotopic (exact) mass is 370 g/mol. The molecule has 2 heterocycles. The van der Waals surface area contributed by atoms with E-state index in [4.69, 9.17) is 9.84 Å². The van der Waals surface area contributed by atoms with E-state index in [9.17, 15) is 14.4 Å². The fraction of sp³-hybridized carbons (Fsp3) is 0.222. The molecule has 0 radical (unpaired) electrons. The zero-order valence-corrected chi connectivity index (χ0v) is 14.8. The smallest absolute Gasteiger partial charge is 0.332 e. The van der Waals surface area contributed by atoms with Gasteiger partial charge in [0.15, 0.2) is 11.2 Å². The van der Waals surface area contributed by atoms with Crippen LogP contribution >= 0.6 is 0 Å². The lowest BCUT2D eigenvalue weighted by Crippen LogP contribution is -2.37. The van der Waals surface area contributed by atoms with Crippen LogP contribution in [-0.2, 0) is 25.4 Å². The van der Waals surface area contributed by atoms with Gasteiger partial charge in [0.05, 0.1) is 12.9 Å². The summed E-state index contributed by atoms with van der Waals surface area (Å²) in [6.45, 7) is 0.673. The van der Waals surface area contributed by atoms with Crippen LogP contribution in [0, 0.1) is 0 Å².